The maximum absolute atomic E-state index is 12.7. The fourth-order valence-electron chi connectivity index (χ4n) is 2.94. The number of hydrogen-bond acceptors (Lipinski definition) is 5. The molecule has 0 aliphatic carbocycles. The smallest absolute Gasteiger partial charge is 0.361 e. The van der Waals surface area contributed by atoms with Crippen LogP contribution in [0.2, 0.25) is 0 Å². The van der Waals surface area contributed by atoms with Gasteiger partial charge in [-0.2, -0.15) is 0 Å². The van der Waals surface area contributed by atoms with Crippen LogP contribution in [-0.2, 0) is 14.3 Å². The van der Waals surface area contributed by atoms with Gasteiger partial charge in [0.25, 0.3) is 5.60 Å². The van der Waals surface area contributed by atoms with Crippen molar-refractivity contribution in [3.63, 3.8) is 0 Å². The van der Waals surface area contributed by atoms with Crippen LogP contribution >= 0.6 is 0 Å². The van der Waals surface area contributed by atoms with E-state index in [-0.39, 0.29) is 6.61 Å². The van der Waals surface area contributed by atoms with Crippen LogP contribution in [0.4, 0.5) is 5.69 Å². The molecule has 0 radical (unpaired) electrons. The van der Waals surface area contributed by atoms with E-state index in [0.717, 1.165) is 11.3 Å². The second-order valence-electron chi connectivity index (χ2n) is 5.60. The highest BCUT2D eigenvalue weighted by atomic mass is 16.6. The molecular weight excluding hydrogens is 306 g/mol. The number of carbonyl (C=O) groups excluding carboxylic acids is 2. The largest absolute Gasteiger partial charge is 0.463 e. The zero-order valence-corrected chi connectivity index (χ0v) is 13.6. The fourth-order valence-corrected chi connectivity index (χ4v) is 2.94. The van der Waals surface area contributed by atoms with Crippen molar-refractivity contribution in [2.24, 2.45) is 0 Å². The normalized spacial score (nSPS) is 21.8. The Morgan fingerprint density at radius 3 is 2.46 bits per heavy atom. The van der Waals surface area contributed by atoms with E-state index in [4.69, 9.17) is 9.47 Å². The SMILES string of the molecule is CCOC(=O)[C@]1(C(C)=O)Oc2ccccc2N[C@@H]1c1ccccc1. The number of Topliss-reactive ketones (excluding diaryl/α,β-unsaturated/α-hetero) is 1. The molecule has 0 saturated heterocycles. The van der Waals surface area contributed by atoms with Crippen molar-refractivity contribution in [2.45, 2.75) is 25.5 Å². The lowest BCUT2D eigenvalue weighted by molar-refractivity contribution is -0.168. The van der Waals surface area contributed by atoms with E-state index in [1.54, 1.807) is 19.1 Å². The summed E-state index contributed by atoms with van der Waals surface area (Å²) in [6.07, 6.45) is 0. The van der Waals surface area contributed by atoms with Gasteiger partial charge in [-0.15, -0.1) is 0 Å². The third-order valence-electron chi connectivity index (χ3n) is 4.10. The van der Waals surface area contributed by atoms with E-state index < -0.39 is 23.4 Å². The monoisotopic (exact) mass is 325 g/mol. The Bertz CT molecular complexity index is 759. The number of carbonyl (C=O) groups is 2. The maximum atomic E-state index is 12.7. The molecule has 0 fully saturated rings. The van der Waals surface area contributed by atoms with Crippen molar-refractivity contribution in [3.8, 4) is 5.75 Å². The molecular formula is C19H19NO4. The number of ether oxygens (including phenoxy) is 2. The summed E-state index contributed by atoms with van der Waals surface area (Å²) in [7, 11) is 0. The van der Waals surface area contributed by atoms with Gasteiger partial charge in [-0.1, -0.05) is 42.5 Å². The van der Waals surface area contributed by atoms with Gasteiger partial charge in [0.2, 0.25) is 0 Å². The molecule has 0 saturated carbocycles. The van der Waals surface area contributed by atoms with Gasteiger partial charge < -0.3 is 14.8 Å². The molecule has 1 N–H and O–H groups in total. The Hall–Kier alpha value is -2.82. The lowest BCUT2D eigenvalue weighted by Crippen LogP contribution is -2.60. The first-order chi connectivity index (χ1) is 11.6. The van der Waals surface area contributed by atoms with Crippen molar-refractivity contribution in [1.82, 2.24) is 0 Å². The number of rotatable bonds is 4. The highest BCUT2D eigenvalue weighted by Gasteiger charge is 2.57. The van der Waals surface area contributed by atoms with Crippen molar-refractivity contribution in [3.05, 3.63) is 60.2 Å². The van der Waals surface area contributed by atoms with Gasteiger partial charge in [-0.05, 0) is 31.5 Å². The van der Waals surface area contributed by atoms with Crippen molar-refractivity contribution in [1.29, 1.82) is 0 Å². The highest BCUT2D eigenvalue weighted by Crippen LogP contribution is 2.43. The number of para-hydroxylation sites is 2. The molecule has 0 aromatic heterocycles. The average Bonchev–Trinajstić information content (AvgIpc) is 2.61. The summed E-state index contributed by atoms with van der Waals surface area (Å²) in [5, 5.41) is 3.28. The van der Waals surface area contributed by atoms with Crippen molar-refractivity contribution >= 4 is 17.4 Å². The first-order valence-corrected chi connectivity index (χ1v) is 7.87. The molecule has 3 rings (SSSR count). The number of nitrogens with one attached hydrogen (secondary N) is 1. The zero-order chi connectivity index (χ0) is 17.2. The molecule has 2 aromatic rings. The van der Waals surface area contributed by atoms with E-state index >= 15 is 0 Å². The molecule has 0 amide bonds. The Kier molecular flexibility index (Phi) is 4.25. The lowest BCUT2D eigenvalue weighted by Gasteiger charge is -2.41. The van der Waals surface area contributed by atoms with Gasteiger partial charge in [-0.3, -0.25) is 4.79 Å². The van der Waals surface area contributed by atoms with Crippen molar-refractivity contribution in [2.75, 3.05) is 11.9 Å². The quantitative estimate of drug-likeness (QED) is 0.691. The van der Waals surface area contributed by atoms with Crippen LogP contribution in [0.25, 0.3) is 0 Å². The molecule has 2 aromatic carbocycles. The van der Waals surface area contributed by atoms with E-state index in [1.165, 1.54) is 6.92 Å². The van der Waals surface area contributed by atoms with Crippen LogP contribution in [0.15, 0.2) is 54.6 Å². The van der Waals surface area contributed by atoms with Crippen LogP contribution < -0.4 is 10.1 Å². The molecule has 0 spiro atoms. The zero-order valence-electron chi connectivity index (χ0n) is 13.6. The van der Waals surface area contributed by atoms with Gasteiger partial charge in [0, 0.05) is 0 Å². The minimum atomic E-state index is -1.76. The Labute approximate surface area is 140 Å². The molecule has 24 heavy (non-hydrogen) atoms. The summed E-state index contributed by atoms with van der Waals surface area (Å²) in [5.74, 6) is -0.641. The van der Waals surface area contributed by atoms with Crippen LogP contribution in [0.1, 0.15) is 25.5 Å². The van der Waals surface area contributed by atoms with Crippen LogP contribution in [0, 0.1) is 0 Å². The second kappa shape index (κ2) is 6.35. The maximum Gasteiger partial charge on any atom is 0.361 e. The van der Waals surface area contributed by atoms with Gasteiger partial charge in [0.1, 0.15) is 11.8 Å². The predicted molar refractivity (Wildman–Crippen MR) is 89.9 cm³/mol. The topological polar surface area (TPSA) is 64.6 Å². The molecule has 5 heteroatoms. The first-order valence-electron chi connectivity index (χ1n) is 7.87. The highest BCUT2D eigenvalue weighted by molar-refractivity contribution is 6.08. The minimum absolute atomic E-state index is 0.167. The molecule has 5 nitrogen and oxygen atoms in total. The molecule has 124 valence electrons. The van der Waals surface area contributed by atoms with Gasteiger partial charge in [0.05, 0.1) is 12.3 Å². The summed E-state index contributed by atoms with van der Waals surface area (Å²) in [6, 6.07) is 15.8. The molecule has 1 heterocycles. The van der Waals surface area contributed by atoms with E-state index in [9.17, 15) is 9.59 Å². The van der Waals surface area contributed by atoms with Gasteiger partial charge in [0.15, 0.2) is 5.78 Å². The standard InChI is InChI=1S/C19H19NO4/c1-3-23-18(22)19(13(2)21)17(14-9-5-4-6-10-14)20-15-11-7-8-12-16(15)24-19/h4-12,17,20H,3H2,1-2H3/t17-,19-/m1/s1. The Balaban J connectivity index is 2.18. The Morgan fingerprint density at radius 2 is 1.79 bits per heavy atom. The second-order valence-corrected chi connectivity index (χ2v) is 5.60. The summed E-state index contributed by atoms with van der Waals surface area (Å²) in [4.78, 5) is 25.3. The van der Waals surface area contributed by atoms with Gasteiger partial charge >= 0.3 is 5.97 Å². The number of esters is 1. The molecule has 1 aliphatic rings. The minimum Gasteiger partial charge on any atom is -0.463 e. The van der Waals surface area contributed by atoms with Crippen LogP contribution in [0.3, 0.4) is 0 Å². The van der Waals surface area contributed by atoms with E-state index in [2.05, 4.69) is 5.32 Å². The van der Waals surface area contributed by atoms with Gasteiger partial charge in [-0.25, -0.2) is 4.79 Å². The molecule has 0 bridgehead atoms. The first kappa shape index (κ1) is 16.1. The summed E-state index contributed by atoms with van der Waals surface area (Å²) in [5.41, 5.74) is -0.256. The summed E-state index contributed by atoms with van der Waals surface area (Å²) >= 11 is 0. The third kappa shape index (κ3) is 2.52. The predicted octanol–water partition coefficient (Wildman–Crippen LogP) is 3.12. The number of ketones is 1. The number of fused-ring (bicyclic) bond motifs is 1. The summed E-state index contributed by atoms with van der Waals surface area (Å²) < 4.78 is 11.2. The molecule has 2 atom stereocenters. The average molecular weight is 325 g/mol. The van der Waals surface area contributed by atoms with E-state index in [1.807, 2.05) is 42.5 Å². The number of benzene rings is 2. The molecule has 1 aliphatic heterocycles. The lowest BCUT2D eigenvalue weighted by atomic mass is 9.83. The van der Waals surface area contributed by atoms with Crippen LogP contribution in [-0.4, -0.2) is 24.0 Å². The van der Waals surface area contributed by atoms with E-state index in [0.29, 0.717) is 5.75 Å². The third-order valence-corrected chi connectivity index (χ3v) is 4.10. The van der Waals surface area contributed by atoms with Crippen LogP contribution in [0.5, 0.6) is 5.75 Å². The number of hydrogen-bond donors (Lipinski definition) is 1. The summed E-state index contributed by atoms with van der Waals surface area (Å²) in [6.45, 7) is 3.22. The van der Waals surface area contributed by atoms with Crippen molar-refractivity contribution < 1.29 is 19.1 Å². The fraction of sp³-hybridized carbons (Fsp3) is 0.263. The molecule has 0 unspecified atom stereocenters. The number of anilines is 1. The Morgan fingerprint density at radius 1 is 1.12 bits per heavy atom.